The van der Waals surface area contributed by atoms with Gasteiger partial charge in [-0.1, -0.05) is 11.6 Å². The number of ether oxygens (including phenoxy) is 1. The Morgan fingerprint density at radius 2 is 2.29 bits per heavy atom. The van der Waals surface area contributed by atoms with E-state index in [0.29, 0.717) is 13.2 Å². The Labute approximate surface area is 128 Å². The fourth-order valence-electron chi connectivity index (χ4n) is 2.34. The highest BCUT2D eigenvalue weighted by Crippen LogP contribution is 2.35. The minimum Gasteiger partial charge on any atom is -0.504 e. The van der Waals surface area contributed by atoms with Crippen LogP contribution in [0.4, 0.5) is 5.69 Å². The molecular formula is C12H18ClN3O4S. The first-order valence-corrected chi connectivity index (χ1v) is 8.28. The van der Waals surface area contributed by atoms with Crippen molar-refractivity contribution in [3.8, 4) is 5.75 Å². The summed E-state index contributed by atoms with van der Waals surface area (Å²) in [6.45, 7) is 0.979. The average Bonchev–Trinajstić information content (AvgIpc) is 2.81. The lowest BCUT2D eigenvalue weighted by Crippen LogP contribution is -2.46. The van der Waals surface area contributed by atoms with Gasteiger partial charge in [-0.15, -0.1) is 4.83 Å². The number of benzene rings is 1. The summed E-state index contributed by atoms with van der Waals surface area (Å²) in [6.07, 6.45) is 1.68. The lowest BCUT2D eigenvalue weighted by molar-refractivity contribution is 0.104. The number of methoxy groups -OCH3 is 1. The van der Waals surface area contributed by atoms with Crippen LogP contribution in [0.1, 0.15) is 12.8 Å². The van der Waals surface area contributed by atoms with E-state index < -0.39 is 20.7 Å². The van der Waals surface area contributed by atoms with E-state index in [0.717, 1.165) is 12.8 Å². The zero-order valence-electron chi connectivity index (χ0n) is 11.5. The Kier molecular flexibility index (Phi) is 4.95. The van der Waals surface area contributed by atoms with Crippen LogP contribution >= 0.6 is 11.6 Å². The molecule has 0 saturated carbocycles. The van der Waals surface area contributed by atoms with Gasteiger partial charge in [0.2, 0.25) is 0 Å². The van der Waals surface area contributed by atoms with E-state index in [1.807, 2.05) is 0 Å². The van der Waals surface area contributed by atoms with E-state index in [9.17, 15) is 13.5 Å². The Balaban J connectivity index is 2.29. The van der Waals surface area contributed by atoms with Crippen molar-refractivity contribution in [3.05, 3.63) is 17.2 Å². The number of nitrogen functional groups attached to an aromatic ring is 1. The number of anilines is 1. The first-order chi connectivity index (χ1) is 9.86. The van der Waals surface area contributed by atoms with Crippen LogP contribution in [0.15, 0.2) is 17.0 Å². The molecule has 7 nitrogen and oxygen atoms in total. The van der Waals surface area contributed by atoms with Crippen molar-refractivity contribution in [1.82, 2.24) is 9.84 Å². The fraction of sp³-hybridized carbons (Fsp3) is 0.500. The predicted molar refractivity (Wildman–Crippen MR) is 79.5 cm³/mol. The minimum absolute atomic E-state index is 0.0466. The number of rotatable bonds is 5. The number of hydrazine groups is 1. The third-order valence-electron chi connectivity index (χ3n) is 3.36. The Hall–Kier alpha value is -1.06. The lowest BCUT2D eigenvalue weighted by atomic mass is 10.2. The molecule has 1 aromatic carbocycles. The third kappa shape index (κ3) is 3.41. The molecule has 1 aromatic rings. The zero-order valence-corrected chi connectivity index (χ0v) is 13.1. The van der Waals surface area contributed by atoms with Gasteiger partial charge in [0.1, 0.15) is 4.90 Å². The number of aromatic hydroxyl groups is 1. The summed E-state index contributed by atoms with van der Waals surface area (Å²) < 4.78 is 29.9. The summed E-state index contributed by atoms with van der Waals surface area (Å²) in [6, 6.07) is 2.63. The number of nitrogens with zero attached hydrogens (tertiary/aromatic N) is 1. The number of nitrogens with one attached hydrogen (secondary N) is 1. The first-order valence-electron chi connectivity index (χ1n) is 6.41. The molecule has 0 amide bonds. The Morgan fingerprint density at radius 1 is 1.57 bits per heavy atom. The number of nitrogens with two attached hydrogens (primary N) is 1. The second kappa shape index (κ2) is 6.37. The number of hydrogen-bond donors (Lipinski definition) is 3. The number of halogens is 1. The molecule has 21 heavy (non-hydrogen) atoms. The van der Waals surface area contributed by atoms with E-state index in [1.165, 1.54) is 12.1 Å². The summed E-state index contributed by atoms with van der Waals surface area (Å²) in [5.74, 6) is -0.544. The summed E-state index contributed by atoms with van der Waals surface area (Å²) in [4.78, 5) is 2.03. The van der Waals surface area contributed by atoms with Crippen LogP contribution in [0.3, 0.4) is 0 Å². The van der Waals surface area contributed by atoms with Gasteiger partial charge in [0, 0.05) is 19.7 Å². The maximum absolute atomic E-state index is 12.4. The minimum atomic E-state index is -4.02. The molecule has 0 spiro atoms. The monoisotopic (exact) mass is 335 g/mol. The van der Waals surface area contributed by atoms with Gasteiger partial charge in [-0.3, -0.25) is 0 Å². The molecular weight excluding hydrogens is 318 g/mol. The molecule has 1 heterocycles. The zero-order chi connectivity index (χ0) is 15.6. The highest BCUT2D eigenvalue weighted by atomic mass is 35.5. The second-order valence-electron chi connectivity index (χ2n) is 4.85. The van der Waals surface area contributed by atoms with Crippen molar-refractivity contribution in [1.29, 1.82) is 0 Å². The van der Waals surface area contributed by atoms with Crippen LogP contribution in [0, 0.1) is 0 Å². The van der Waals surface area contributed by atoms with Gasteiger partial charge in [0.25, 0.3) is 10.0 Å². The fourth-order valence-corrected chi connectivity index (χ4v) is 4.13. The van der Waals surface area contributed by atoms with Crippen LogP contribution in [0.5, 0.6) is 5.75 Å². The van der Waals surface area contributed by atoms with Gasteiger partial charge < -0.3 is 15.6 Å². The quantitative estimate of drug-likeness (QED) is 0.546. The van der Waals surface area contributed by atoms with Crippen molar-refractivity contribution in [3.63, 3.8) is 0 Å². The lowest BCUT2D eigenvalue weighted by Gasteiger charge is -2.24. The Bertz CT molecular complexity index is 623. The van der Waals surface area contributed by atoms with E-state index in [4.69, 9.17) is 22.1 Å². The van der Waals surface area contributed by atoms with Crippen LogP contribution in [0.25, 0.3) is 0 Å². The normalized spacial score (nSPS) is 20.0. The molecule has 1 aliphatic heterocycles. The van der Waals surface area contributed by atoms with Gasteiger partial charge in [0.15, 0.2) is 5.75 Å². The van der Waals surface area contributed by atoms with Crippen molar-refractivity contribution in [2.45, 2.75) is 23.8 Å². The van der Waals surface area contributed by atoms with E-state index >= 15 is 0 Å². The molecule has 1 aliphatic rings. The molecule has 118 valence electrons. The maximum Gasteiger partial charge on any atom is 0.258 e. The van der Waals surface area contributed by atoms with Crippen molar-refractivity contribution < 1.29 is 18.3 Å². The highest BCUT2D eigenvalue weighted by molar-refractivity contribution is 7.89. The molecule has 4 N–H and O–H groups in total. The van der Waals surface area contributed by atoms with Gasteiger partial charge in [0.05, 0.1) is 17.3 Å². The van der Waals surface area contributed by atoms with Crippen molar-refractivity contribution in [2.75, 3.05) is 26.0 Å². The van der Waals surface area contributed by atoms with E-state index in [2.05, 4.69) is 4.83 Å². The van der Waals surface area contributed by atoms with Crippen LogP contribution in [-0.2, 0) is 14.8 Å². The Morgan fingerprint density at radius 3 is 2.95 bits per heavy atom. The molecule has 0 radical (unpaired) electrons. The molecule has 9 heteroatoms. The summed E-state index contributed by atoms with van der Waals surface area (Å²) in [7, 11) is -2.46. The molecule has 1 fully saturated rings. The average molecular weight is 336 g/mol. The third-order valence-corrected chi connectivity index (χ3v) is 5.21. The number of sulfonamides is 1. The number of phenols is 1. The second-order valence-corrected chi connectivity index (χ2v) is 6.86. The highest BCUT2D eigenvalue weighted by Gasteiger charge is 2.31. The van der Waals surface area contributed by atoms with E-state index in [1.54, 1.807) is 12.1 Å². The molecule has 1 atom stereocenters. The molecule has 0 unspecified atom stereocenters. The topological polar surface area (TPSA) is 105 Å². The van der Waals surface area contributed by atoms with Gasteiger partial charge >= 0.3 is 0 Å². The number of phenolic OH excluding ortho intramolecular Hbond substituents is 1. The van der Waals surface area contributed by atoms with E-state index in [-0.39, 0.29) is 16.8 Å². The first kappa shape index (κ1) is 16.3. The van der Waals surface area contributed by atoms with Crippen molar-refractivity contribution in [2.24, 2.45) is 0 Å². The smallest absolute Gasteiger partial charge is 0.258 e. The summed E-state index contributed by atoms with van der Waals surface area (Å²) >= 11 is 5.89. The molecule has 1 saturated heterocycles. The molecule has 0 aromatic heterocycles. The largest absolute Gasteiger partial charge is 0.504 e. The number of hydrogen-bond acceptors (Lipinski definition) is 6. The van der Waals surface area contributed by atoms with Crippen molar-refractivity contribution >= 4 is 27.3 Å². The predicted octanol–water partition coefficient (Wildman–Crippen LogP) is 0.932. The summed E-state index contributed by atoms with van der Waals surface area (Å²) in [5.41, 5.74) is 5.49. The van der Waals surface area contributed by atoms with Gasteiger partial charge in [-0.05, 0) is 25.0 Å². The standard InChI is InChI=1S/C12H18ClN3O4S/c1-20-7-8-3-2-6-16(8)15-21(18,19)12-9(13)4-5-10(14)11(12)17/h4-5,8,15,17H,2-3,6-7,14H2,1H3/t8-/m0/s1. The van der Waals surface area contributed by atoms with Crippen LogP contribution in [-0.4, -0.2) is 44.8 Å². The maximum atomic E-state index is 12.4. The summed E-state index contributed by atoms with van der Waals surface area (Å²) in [5, 5.41) is 11.4. The van der Waals surface area contributed by atoms with Gasteiger partial charge in [-0.2, -0.15) is 0 Å². The van der Waals surface area contributed by atoms with Crippen LogP contribution in [0.2, 0.25) is 5.02 Å². The molecule has 0 aliphatic carbocycles. The molecule has 0 bridgehead atoms. The SMILES string of the molecule is COC[C@@H]1CCCN1NS(=O)(=O)c1c(Cl)ccc(N)c1O. The van der Waals surface area contributed by atoms with Gasteiger partial charge in [-0.25, -0.2) is 13.4 Å². The molecule has 2 rings (SSSR count). The van der Waals surface area contributed by atoms with Crippen LogP contribution < -0.4 is 10.6 Å².